The molecule has 8 nitrogen and oxygen atoms in total. The van der Waals surface area contributed by atoms with Crippen LogP contribution in [0.15, 0.2) is 41.4 Å². The van der Waals surface area contributed by atoms with Gasteiger partial charge in [-0.2, -0.15) is 0 Å². The first kappa shape index (κ1) is 29.5. The maximum atomic E-state index is 13.5. The van der Waals surface area contributed by atoms with Crippen molar-refractivity contribution in [3.05, 3.63) is 47.0 Å². The highest BCUT2D eigenvalue weighted by molar-refractivity contribution is 9.10. The monoisotopic (exact) mass is 602 g/mol. The number of benzene rings is 1. The van der Waals surface area contributed by atoms with Crippen LogP contribution in [0.2, 0.25) is 0 Å². The topological polar surface area (TPSA) is 122 Å². The van der Waals surface area contributed by atoms with Gasteiger partial charge in [0.1, 0.15) is 18.4 Å². The molecule has 1 aromatic carbocycles. The third kappa shape index (κ3) is 5.08. The van der Waals surface area contributed by atoms with E-state index in [1.807, 2.05) is 6.92 Å². The fourth-order valence-electron chi connectivity index (χ4n) is 7.67. The number of esters is 1. The highest BCUT2D eigenvalue weighted by Gasteiger charge is 2.68. The zero-order valence-corrected chi connectivity index (χ0v) is 24.7. The Morgan fingerprint density at radius 2 is 1.85 bits per heavy atom. The lowest BCUT2D eigenvalue weighted by molar-refractivity contribution is -0.206. The van der Waals surface area contributed by atoms with E-state index >= 15 is 0 Å². The van der Waals surface area contributed by atoms with Gasteiger partial charge in [0.25, 0.3) is 5.91 Å². The van der Waals surface area contributed by atoms with Crippen LogP contribution in [0.4, 0.5) is 4.79 Å². The molecule has 8 atom stereocenters. The summed E-state index contributed by atoms with van der Waals surface area (Å²) in [6.45, 7) is 11.7. The molecule has 0 unspecified atom stereocenters. The lowest BCUT2D eigenvalue weighted by atomic mass is 9.44. The number of halogens is 1. The second-order valence-electron chi connectivity index (χ2n) is 12.2. The van der Waals surface area contributed by atoms with Gasteiger partial charge in [0.15, 0.2) is 0 Å². The Kier molecular flexibility index (Phi) is 8.16. The molecule has 0 saturated heterocycles. The summed E-state index contributed by atoms with van der Waals surface area (Å²) in [6.07, 6.45) is 3.52. The minimum Gasteiger partial charge on any atom is -0.460 e. The van der Waals surface area contributed by atoms with Crippen LogP contribution in [0.25, 0.3) is 0 Å². The van der Waals surface area contributed by atoms with E-state index in [1.165, 1.54) is 0 Å². The van der Waals surface area contributed by atoms with Crippen LogP contribution < -0.4 is 10.6 Å². The normalized spacial score (nSPS) is 37.6. The second kappa shape index (κ2) is 10.8. The molecular weight excluding hydrogens is 564 g/mol. The lowest BCUT2D eigenvalue weighted by Crippen LogP contribution is -2.63. The van der Waals surface area contributed by atoms with E-state index in [2.05, 4.69) is 53.9 Å². The molecule has 0 heterocycles. The summed E-state index contributed by atoms with van der Waals surface area (Å²) >= 11 is 3.29. The van der Waals surface area contributed by atoms with E-state index < -0.39 is 47.5 Å². The molecule has 3 N–H and O–H groups in total. The number of urea groups is 1. The Morgan fingerprint density at radius 1 is 1.18 bits per heavy atom. The molecule has 3 amide bonds. The van der Waals surface area contributed by atoms with Gasteiger partial charge in [0.2, 0.25) is 0 Å². The number of amides is 3. The van der Waals surface area contributed by atoms with Crippen LogP contribution in [0, 0.1) is 34.0 Å². The zero-order chi connectivity index (χ0) is 28.8. The molecule has 3 saturated carbocycles. The molecule has 3 aliphatic rings. The number of aliphatic hydroxyl groups excluding tert-OH is 1. The molecule has 3 fully saturated rings. The van der Waals surface area contributed by atoms with E-state index in [-0.39, 0.29) is 29.0 Å². The zero-order valence-electron chi connectivity index (χ0n) is 23.1. The van der Waals surface area contributed by atoms with Crippen molar-refractivity contribution in [3.63, 3.8) is 0 Å². The smallest absolute Gasteiger partial charge is 0.325 e. The SMILES string of the molecule is C=C[C@]1(C)C[C@@H](OC(=O)CNC(=O)NC(=O)c2ccc(Br)cc2)[C@]2(C)[C@H](C)CC[C@]3(CCC(=O)[C@H]32)[C@@H](C)[C@@H]1O. The Labute approximate surface area is 238 Å². The predicted molar refractivity (Wildman–Crippen MR) is 150 cm³/mol. The first-order chi connectivity index (χ1) is 18.3. The molecule has 212 valence electrons. The van der Waals surface area contributed by atoms with Gasteiger partial charge in [-0.15, -0.1) is 6.58 Å². The van der Waals surface area contributed by atoms with E-state index in [4.69, 9.17) is 4.74 Å². The fraction of sp³-hybridized carbons (Fsp3) is 0.600. The number of imide groups is 1. The summed E-state index contributed by atoms with van der Waals surface area (Å²) < 4.78 is 6.89. The van der Waals surface area contributed by atoms with Gasteiger partial charge in [-0.3, -0.25) is 19.7 Å². The number of nitrogens with one attached hydrogen (secondary N) is 2. The van der Waals surface area contributed by atoms with Gasteiger partial charge in [0.05, 0.1) is 6.10 Å². The molecule has 9 heteroatoms. The number of carbonyl (C=O) groups excluding carboxylic acids is 4. The average molecular weight is 604 g/mol. The average Bonchev–Trinajstić information content (AvgIpc) is 3.26. The maximum Gasteiger partial charge on any atom is 0.325 e. The third-order valence-corrected chi connectivity index (χ3v) is 10.8. The quantitative estimate of drug-likeness (QED) is 0.329. The first-order valence-corrected chi connectivity index (χ1v) is 14.5. The van der Waals surface area contributed by atoms with Gasteiger partial charge < -0.3 is 15.2 Å². The third-order valence-electron chi connectivity index (χ3n) is 10.3. The van der Waals surface area contributed by atoms with Crippen LogP contribution in [0.3, 0.4) is 0 Å². The van der Waals surface area contributed by atoms with Crippen molar-refractivity contribution < 1.29 is 29.0 Å². The number of aliphatic hydroxyl groups is 1. The van der Waals surface area contributed by atoms with E-state index in [1.54, 1.807) is 30.3 Å². The van der Waals surface area contributed by atoms with Crippen molar-refractivity contribution in [1.29, 1.82) is 0 Å². The Bertz CT molecular complexity index is 1170. The van der Waals surface area contributed by atoms with Gasteiger partial charge in [-0.05, 0) is 67.2 Å². The summed E-state index contributed by atoms with van der Waals surface area (Å²) in [5.74, 6) is -1.44. The number of hydrogen-bond donors (Lipinski definition) is 3. The summed E-state index contributed by atoms with van der Waals surface area (Å²) in [7, 11) is 0. The van der Waals surface area contributed by atoms with E-state index in [0.29, 0.717) is 18.4 Å². The van der Waals surface area contributed by atoms with Crippen molar-refractivity contribution in [3.8, 4) is 0 Å². The van der Waals surface area contributed by atoms with Crippen molar-refractivity contribution in [2.24, 2.45) is 34.0 Å². The Morgan fingerprint density at radius 3 is 2.49 bits per heavy atom. The summed E-state index contributed by atoms with van der Waals surface area (Å²) in [5.41, 5.74) is -1.45. The molecule has 4 rings (SSSR count). The Hall–Kier alpha value is -2.52. The van der Waals surface area contributed by atoms with Crippen LogP contribution >= 0.6 is 15.9 Å². The fourth-order valence-corrected chi connectivity index (χ4v) is 7.94. The molecule has 0 aliphatic heterocycles. The van der Waals surface area contributed by atoms with Crippen molar-refractivity contribution in [2.45, 2.75) is 72.0 Å². The molecule has 3 aliphatic carbocycles. The first-order valence-electron chi connectivity index (χ1n) is 13.7. The summed E-state index contributed by atoms with van der Waals surface area (Å²) in [6, 6.07) is 5.69. The molecular formula is C30H39BrN2O6. The number of ether oxygens (including phenoxy) is 1. The molecule has 1 aromatic rings. The van der Waals surface area contributed by atoms with E-state index in [9.17, 15) is 24.3 Å². The second-order valence-corrected chi connectivity index (χ2v) is 13.1. The van der Waals surface area contributed by atoms with Gasteiger partial charge in [0, 0.05) is 33.2 Å². The van der Waals surface area contributed by atoms with Crippen molar-refractivity contribution >= 4 is 39.6 Å². The summed E-state index contributed by atoms with van der Waals surface area (Å²) in [5, 5.41) is 16.2. The highest BCUT2D eigenvalue weighted by Crippen LogP contribution is 2.67. The van der Waals surface area contributed by atoms with Crippen LogP contribution in [0.5, 0.6) is 0 Å². The minimum absolute atomic E-state index is 0.103. The molecule has 0 spiro atoms. The van der Waals surface area contributed by atoms with E-state index in [0.717, 1.165) is 23.7 Å². The number of ketones is 1. The number of carbonyl (C=O) groups is 4. The predicted octanol–water partition coefficient (Wildman–Crippen LogP) is 4.80. The van der Waals surface area contributed by atoms with Gasteiger partial charge >= 0.3 is 12.0 Å². The van der Waals surface area contributed by atoms with Crippen molar-refractivity contribution in [2.75, 3.05) is 6.54 Å². The largest absolute Gasteiger partial charge is 0.460 e. The van der Waals surface area contributed by atoms with Crippen LogP contribution in [-0.2, 0) is 14.3 Å². The van der Waals surface area contributed by atoms with Crippen molar-refractivity contribution in [1.82, 2.24) is 10.6 Å². The molecule has 0 radical (unpaired) electrons. The number of rotatable bonds is 5. The standard InChI is InChI=1S/C30H39BrN2O6/c1-6-28(4)15-22(39-23(35)16-32-27(38)33-26(37)19-7-9-20(31)10-8-19)29(5)17(2)11-13-30(18(3)25(28)36)14-12-21(34)24(29)30/h6-10,17-18,22,24-25,36H,1,11-16H2,2-5H3,(H2,32,33,37,38)/t17-,18+,22-,24+,25+,28-,29+,30+/m1/s1. The molecule has 2 bridgehead atoms. The van der Waals surface area contributed by atoms with Gasteiger partial charge in [-0.1, -0.05) is 49.7 Å². The summed E-state index contributed by atoms with van der Waals surface area (Å²) in [4.78, 5) is 51.2. The molecule has 0 aromatic heterocycles. The molecule has 39 heavy (non-hydrogen) atoms. The highest BCUT2D eigenvalue weighted by atomic mass is 79.9. The Balaban J connectivity index is 1.53. The van der Waals surface area contributed by atoms with Crippen LogP contribution in [-0.4, -0.2) is 47.6 Å². The number of hydrogen-bond acceptors (Lipinski definition) is 6. The maximum absolute atomic E-state index is 13.5. The number of Topliss-reactive ketones (excluding diaryl/α,β-unsaturated/α-hetero) is 1. The minimum atomic E-state index is -0.819. The van der Waals surface area contributed by atoms with Gasteiger partial charge in [-0.25, -0.2) is 4.79 Å². The van der Waals surface area contributed by atoms with Crippen LogP contribution in [0.1, 0.15) is 70.2 Å². The lowest BCUT2D eigenvalue weighted by Gasteiger charge is -2.61.